The van der Waals surface area contributed by atoms with Crippen LogP contribution in [0.25, 0.3) is 0 Å². The Hall–Kier alpha value is -1.01. The van der Waals surface area contributed by atoms with Crippen LogP contribution in [0.1, 0.15) is 35.6 Å². The van der Waals surface area contributed by atoms with Gasteiger partial charge in [0, 0.05) is 16.5 Å². The molecule has 1 rings (SSSR count). The third-order valence-corrected chi connectivity index (χ3v) is 3.07. The molecule has 0 radical (unpaired) electrons. The largest absolute Gasteiger partial charge is 0.479 e. The van der Waals surface area contributed by atoms with Gasteiger partial charge in [0.1, 0.15) is 0 Å². The molecule has 1 aromatic rings. The number of aliphatic hydroxyl groups excluding tert-OH is 1. The number of benzene rings is 1. The number of aliphatic carboxylic acids is 1. The molecule has 0 saturated carbocycles. The average molecular weight is 323 g/mol. The van der Waals surface area contributed by atoms with Gasteiger partial charge in [0.05, 0.1) is 0 Å². The lowest BCUT2D eigenvalue weighted by molar-refractivity contribution is -0.147. The number of halogens is 3. The molecule has 0 aliphatic heterocycles. The lowest BCUT2D eigenvalue weighted by Crippen LogP contribution is -2.13. The summed E-state index contributed by atoms with van der Waals surface area (Å²) >= 11 is 3.25. The van der Waals surface area contributed by atoms with E-state index in [1.807, 2.05) is 0 Å². The Morgan fingerprint density at radius 1 is 1.33 bits per heavy atom. The summed E-state index contributed by atoms with van der Waals surface area (Å²) in [6.45, 7) is 0. The lowest BCUT2D eigenvalue weighted by atomic mass is 9.97. The Bertz CT molecular complexity index is 424. The van der Waals surface area contributed by atoms with Crippen molar-refractivity contribution in [3.8, 4) is 0 Å². The van der Waals surface area contributed by atoms with Crippen molar-refractivity contribution in [2.45, 2.75) is 25.4 Å². The first-order chi connectivity index (χ1) is 8.47. The van der Waals surface area contributed by atoms with Gasteiger partial charge in [0.25, 0.3) is 6.43 Å². The standard InChI is InChI=1S/C12H13BrF2O3/c13-5-1-2-7-3-4-8(11(14)15)9(6-7)10(16)12(17)18/h3-4,6,10-11,16H,1-2,5H2,(H,17,18). The van der Waals surface area contributed by atoms with Crippen LogP contribution >= 0.6 is 15.9 Å². The van der Waals surface area contributed by atoms with Gasteiger partial charge in [-0.15, -0.1) is 0 Å². The predicted octanol–water partition coefficient (Wildman–Crippen LogP) is 3.07. The number of aliphatic hydroxyl groups is 1. The molecule has 100 valence electrons. The molecule has 0 spiro atoms. The van der Waals surface area contributed by atoms with Gasteiger partial charge < -0.3 is 10.2 Å². The van der Waals surface area contributed by atoms with E-state index in [2.05, 4.69) is 15.9 Å². The van der Waals surface area contributed by atoms with E-state index in [0.29, 0.717) is 6.42 Å². The van der Waals surface area contributed by atoms with E-state index in [1.165, 1.54) is 18.2 Å². The second-order valence-corrected chi connectivity index (χ2v) is 4.59. The van der Waals surface area contributed by atoms with Crippen molar-refractivity contribution in [2.75, 3.05) is 5.33 Å². The number of carbonyl (C=O) groups is 1. The van der Waals surface area contributed by atoms with Gasteiger partial charge in [-0.05, 0) is 18.4 Å². The number of rotatable bonds is 6. The summed E-state index contributed by atoms with van der Waals surface area (Å²) < 4.78 is 25.4. The Balaban J connectivity index is 3.11. The van der Waals surface area contributed by atoms with Gasteiger partial charge in [0.15, 0.2) is 6.10 Å². The Labute approximate surface area is 112 Å². The Morgan fingerprint density at radius 3 is 2.50 bits per heavy atom. The zero-order valence-electron chi connectivity index (χ0n) is 9.44. The maximum Gasteiger partial charge on any atom is 0.337 e. The first-order valence-electron chi connectivity index (χ1n) is 5.35. The average Bonchev–Trinajstić information content (AvgIpc) is 2.34. The quantitative estimate of drug-likeness (QED) is 0.791. The molecule has 18 heavy (non-hydrogen) atoms. The van der Waals surface area contributed by atoms with Crippen LogP contribution in [-0.4, -0.2) is 21.5 Å². The van der Waals surface area contributed by atoms with Crippen LogP contribution in [0.5, 0.6) is 0 Å². The second kappa shape index (κ2) is 6.80. The minimum absolute atomic E-state index is 0.232. The number of aryl methyl sites for hydroxylation is 1. The third kappa shape index (κ3) is 3.74. The molecule has 3 nitrogen and oxygen atoms in total. The third-order valence-electron chi connectivity index (χ3n) is 2.51. The zero-order valence-corrected chi connectivity index (χ0v) is 11.0. The fourth-order valence-electron chi connectivity index (χ4n) is 1.62. The first kappa shape index (κ1) is 15.0. The molecule has 6 heteroatoms. The van der Waals surface area contributed by atoms with E-state index in [0.717, 1.165) is 17.3 Å². The molecule has 0 amide bonds. The van der Waals surface area contributed by atoms with Gasteiger partial charge in [-0.2, -0.15) is 0 Å². The Morgan fingerprint density at radius 2 is 2.00 bits per heavy atom. The van der Waals surface area contributed by atoms with Crippen molar-refractivity contribution >= 4 is 21.9 Å². The summed E-state index contributed by atoms with van der Waals surface area (Å²) in [5.74, 6) is -1.53. The number of hydrogen-bond donors (Lipinski definition) is 2. The fraction of sp³-hybridized carbons (Fsp3) is 0.417. The molecule has 1 unspecified atom stereocenters. The minimum Gasteiger partial charge on any atom is -0.479 e. The highest BCUT2D eigenvalue weighted by Gasteiger charge is 2.23. The van der Waals surface area contributed by atoms with E-state index in [1.54, 1.807) is 0 Å². The monoisotopic (exact) mass is 322 g/mol. The minimum atomic E-state index is -2.81. The van der Waals surface area contributed by atoms with Crippen molar-refractivity contribution in [1.29, 1.82) is 0 Å². The van der Waals surface area contributed by atoms with Gasteiger partial charge in [-0.3, -0.25) is 0 Å². The second-order valence-electron chi connectivity index (χ2n) is 3.80. The van der Waals surface area contributed by atoms with Gasteiger partial charge >= 0.3 is 5.97 Å². The molecule has 0 heterocycles. The summed E-state index contributed by atoms with van der Waals surface area (Å²) in [4.78, 5) is 10.7. The van der Waals surface area contributed by atoms with E-state index in [4.69, 9.17) is 5.11 Å². The molecule has 1 atom stereocenters. The van der Waals surface area contributed by atoms with Crippen LogP contribution in [0.4, 0.5) is 8.78 Å². The summed E-state index contributed by atoms with van der Waals surface area (Å²) in [6.07, 6.45) is -3.29. The summed E-state index contributed by atoms with van der Waals surface area (Å²) in [7, 11) is 0. The highest BCUT2D eigenvalue weighted by atomic mass is 79.9. The van der Waals surface area contributed by atoms with Crippen molar-refractivity contribution in [3.63, 3.8) is 0 Å². The number of carboxylic acid groups (broad SMARTS) is 1. The number of hydrogen-bond acceptors (Lipinski definition) is 2. The predicted molar refractivity (Wildman–Crippen MR) is 66.1 cm³/mol. The maximum atomic E-state index is 12.7. The van der Waals surface area contributed by atoms with Crippen LogP contribution in [0.15, 0.2) is 18.2 Å². The summed E-state index contributed by atoms with van der Waals surface area (Å²) in [5, 5.41) is 18.9. The van der Waals surface area contributed by atoms with Gasteiger partial charge in [-0.25, -0.2) is 13.6 Å². The van der Waals surface area contributed by atoms with E-state index >= 15 is 0 Å². The molecule has 0 saturated heterocycles. The lowest BCUT2D eigenvalue weighted by Gasteiger charge is -2.13. The first-order valence-corrected chi connectivity index (χ1v) is 6.47. The summed E-state index contributed by atoms with van der Waals surface area (Å²) in [6, 6.07) is 4.04. The smallest absolute Gasteiger partial charge is 0.337 e. The molecule has 0 aliphatic rings. The Kier molecular flexibility index (Phi) is 5.68. The molecule has 0 aliphatic carbocycles. The zero-order chi connectivity index (χ0) is 13.7. The van der Waals surface area contributed by atoms with Crippen LogP contribution in [0, 0.1) is 0 Å². The maximum absolute atomic E-state index is 12.7. The van der Waals surface area contributed by atoms with Crippen LogP contribution in [0.3, 0.4) is 0 Å². The van der Waals surface area contributed by atoms with E-state index in [-0.39, 0.29) is 5.56 Å². The van der Waals surface area contributed by atoms with Crippen LogP contribution in [-0.2, 0) is 11.2 Å². The number of alkyl halides is 3. The topological polar surface area (TPSA) is 57.5 Å². The summed E-state index contributed by atoms with van der Waals surface area (Å²) in [5.41, 5.74) is 0.0613. The highest BCUT2D eigenvalue weighted by Crippen LogP contribution is 2.29. The van der Waals surface area contributed by atoms with E-state index in [9.17, 15) is 18.7 Å². The van der Waals surface area contributed by atoms with Crippen LogP contribution in [0.2, 0.25) is 0 Å². The van der Waals surface area contributed by atoms with Crippen molar-refractivity contribution < 1.29 is 23.8 Å². The normalized spacial score (nSPS) is 12.7. The fourth-order valence-corrected chi connectivity index (χ4v) is 1.90. The van der Waals surface area contributed by atoms with Gasteiger partial charge in [0.2, 0.25) is 0 Å². The highest BCUT2D eigenvalue weighted by molar-refractivity contribution is 9.09. The molecule has 2 N–H and O–H groups in total. The molecular weight excluding hydrogens is 310 g/mol. The van der Waals surface area contributed by atoms with Crippen molar-refractivity contribution in [3.05, 3.63) is 34.9 Å². The molecule has 1 aromatic carbocycles. The van der Waals surface area contributed by atoms with Crippen molar-refractivity contribution in [1.82, 2.24) is 0 Å². The molecule has 0 fully saturated rings. The van der Waals surface area contributed by atoms with Crippen molar-refractivity contribution in [2.24, 2.45) is 0 Å². The molecular formula is C12H13BrF2O3. The van der Waals surface area contributed by atoms with Crippen LogP contribution < -0.4 is 0 Å². The van der Waals surface area contributed by atoms with Gasteiger partial charge in [-0.1, -0.05) is 34.1 Å². The number of carboxylic acids is 1. The van der Waals surface area contributed by atoms with E-state index < -0.39 is 24.1 Å². The SMILES string of the molecule is O=C(O)C(O)c1cc(CCCBr)ccc1C(F)F. The molecule has 0 aromatic heterocycles. The molecule has 0 bridgehead atoms.